The Morgan fingerprint density at radius 1 is 1.03 bits per heavy atom. The normalized spacial score (nSPS) is 43.5. The van der Waals surface area contributed by atoms with Crippen LogP contribution in [0.15, 0.2) is 22.8 Å². The highest BCUT2D eigenvalue weighted by Crippen LogP contribution is 2.68. The number of hydrogen-bond acceptors (Lipinski definition) is 1. The van der Waals surface area contributed by atoms with Crippen LogP contribution in [0.3, 0.4) is 0 Å². The van der Waals surface area contributed by atoms with Gasteiger partial charge >= 0.3 is 0 Å². The second-order valence-corrected chi connectivity index (χ2v) is 13.0. The molecule has 0 aromatic carbocycles. The molecule has 0 amide bonds. The van der Waals surface area contributed by atoms with Gasteiger partial charge < -0.3 is 5.11 Å². The van der Waals surface area contributed by atoms with Gasteiger partial charge in [-0.3, -0.25) is 0 Å². The van der Waals surface area contributed by atoms with Gasteiger partial charge in [-0.15, -0.1) is 0 Å². The van der Waals surface area contributed by atoms with Crippen molar-refractivity contribution < 1.29 is 5.11 Å². The molecule has 0 heterocycles. The Bertz CT molecular complexity index is 723. The molecular weight excluding hydrogens is 364 g/mol. The second-order valence-electron chi connectivity index (χ2n) is 13.0. The first-order valence-corrected chi connectivity index (χ1v) is 13.1. The van der Waals surface area contributed by atoms with Gasteiger partial charge in [-0.2, -0.15) is 0 Å². The van der Waals surface area contributed by atoms with E-state index in [0.717, 1.165) is 24.2 Å². The maximum Gasteiger partial charge on any atom is 0.0634 e. The number of hydrogen-bond donors (Lipinski definition) is 1. The van der Waals surface area contributed by atoms with Crippen LogP contribution >= 0.6 is 0 Å². The number of aliphatic hydroxyl groups excluding tert-OH is 1. The standard InChI is InChI=1S/C29H48O/c1-19(2)9-8-10-20(3)22-12-13-23-21-11-14-25-27(4,5)17-16-26(30)29(25,7)24(21)15-18-28(22,23)6/h9,20,22-23,25-26,30H,8,10-18H2,1-7H3/t20-,22-,23+,25+,26?,28-,29-/m1/s1. The molecule has 0 saturated heterocycles. The molecule has 1 nitrogen and oxygen atoms in total. The Morgan fingerprint density at radius 3 is 2.47 bits per heavy atom. The summed E-state index contributed by atoms with van der Waals surface area (Å²) < 4.78 is 0. The van der Waals surface area contributed by atoms with Crippen molar-refractivity contribution in [1.29, 1.82) is 0 Å². The second kappa shape index (κ2) is 7.79. The largest absolute Gasteiger partial charge is 0.392 e. The molecule has 0 radical (unpaired) electrons. The lowest BCUT2D eigenvalue weighted by molar-refractivity contribution is -0.0924. The van der Waals surface area contributed by atoms with Gasteiger partial charge in [-0.05, 0) is 113 Å². The summed E-state index contributed by atoms with van der Waals surface area (Å²) in [5, 5.41) is 11.3. The minimum Gasteiger partial charge on any atom is -0.392 e. The van der Waals surface area contributed by atoms with Crippen molar-refractivity contribution in [3.05, 3.63) is 22.8 Å². The molecule has 0 aromatic rings. The van der Waals surface area contributed by atoms with E-state index in [0.29, 0.717) is 16.7 Å². The monoisotopic (exact) mass is 412 g/mol. The zero-order valence-electron chi connectivity index (χ0n) is 21.0. The molecule has 7 atom stereocenters. The van der Waals surface area contributed by atoms with Crippen molar-refractivity contribution in [1.82, 2.24) is 0 Å². The summed E-state index contributed by atoms with van der Waals surface area (Å²) in [7, 11) is 0. The molecule has 4 aliphatic carbocycles. The third kappa shape index (κ3) is 3.37. The number of fused-ring (bicyclic) bond motifs is 4. The van der Waals surface area contributed by atoms with E-state index in [1.165, 1.54) is 63.4 Å². The predicted octanol–water partition coefficient (Wildman–Crippen LogP) is 8.09. The molecule has 170 valence electrons. The van der Waals surface area contributed by atoms with E-state index >= 15 is 0 Å². The third-order valence-electron chi connectivity index (χ3n) is 10.8. The van der Waals surface area contributed by atoms with Crippen LogP contribution in [0.5, 0.6) is 0 Å². The summed E-state index contributed by atoms with van der Waals surface area (Å²) in [5.74, 6) is 3.13. The summed E-state index contributed by atoms with van der Waals surface area (Å²) in [6.45, 7) is 17.0. The van der Waals surface area contributed by atoms with Gasteiger partial charge in [0.2, 0.25) is 0 Å². The van der Waals surface area contributed by atoms with Gasteiger partial charge in [0, 0.05) is 5.41 Å². The van der Waals surface area contributed by atoms with Crippen molar-refractivity contribution in [3.63, 3.8) is 0 Å². The Balaban J connectivity index is 1.61. The van der Waals surface area contributed by atoms with Crippen LogP contribution in [0.4, 0.5) is 0 Å². The van der Waals surface area contributed by atoms with Crippen LogP contribution in [-0.2, 0) is 0 Å². The van der Waals surface area contributed by atoms with Crippen LogP contribution in [-0.4, -0.2) is 11.2 Å². The summed E-state index contributed by atoms with van der Waals surface area (Å²) in [5.41, 5.74) is 5.89. The molecule has 1 heteroatoms. The van der Waals surface area contributed by atoms with Gasteiger partial charge in [0.05, 0.1) is 6.10 Å². The average Bonchev–Trinajstić information content (AvgIpc) is 3.02. The van der Waals surface area contributed by atoms with Gasteiger partial charge in [-0.25, -0.2) is 0 Å². The Morgan fingerprint density at radius 2 is 1.77 bits per heavy atom. The van der Waals surface area contributed by atoms with Crippen LogP contribution in [0.2, 0.25) is 0 Å². The number of aliphatic hydroxyl groups is 1. The first-order chi connectivity index (χ1) is 14.0. The molecule has 0 spiro atoms. The quantitative estimate of drug-likeness (QED) is 0.462. The van der Waals surface area contributed by atoms with E-state index in [1.807, 2.05) is 5.57 Å². The zero-order valence-corrected chi connectivity index (χ0v) is 21.0. The van der Waals surface area contributed by atoms with Crippen molar-refractivity contribution in [3.8, 4) is 0 Å². The van der Waals surface area contributed by atoms with E-state index in [1.54, 1.807) is 5.57 Å². The highest BCUT2D eigenvalue weighted by atomic mass is 16.3. The fraction of sp³-hybridized carbons (Fsp3) is 0.862. The fourth-order valence-electron chi connectivity index (χ4n) is 9.10. The zero-order chi connectivity index (χ0) is 21.9. The number of allylic oxidation sites excluding steroid dienone is 3. The van der Waals surface area contributed by atoms with Crippen molar-refractivity contribution in [2.75, 3.05) is 0 Å². The molecule has 1 unspecified atom stereocenters. The van der Waals surface area contributed by atoms with Gasteiger partial charge in [0.15, 0.2) is 0 Å². The summed E-state index contributed by atoms with van der Waals surface area (Å²) in [4.78, 5) is 0. The van der Waals surface area contributed by atoms with Crippen molar-refractivity contribution in [2.24, 2.45) is 39.9 Å². The Labute approximate surface area is 186 Å². The molecule has 4 aliphatic rings. The molecule has 30 heavy (non-hydrogen) atoms. The number of rotatable bonds is 4. The molecule has 2 fully saturated rings. The lowest BCUT2D eigenvalue weighted by Gasteiger charge is -2.60. The first kappa shape index (κ1) is 22.6. The predicted molar refractivity (Wildman–Crippen MR) is 128 cm³/mol. The van der Waals surface area contributed by atoms with E-state index in [2.05, 4.69) is 54.5 Å². The van der Waals surface area contributed by atoms with Crippen LogP contribution in [0, 0.1) is 39.9 Å². The van der Waals surface area contributed by atoms with Crippen LogP contribution in [0.1, 0.15) is 113 Å². The van der Waals surface area contributed by atoms with Gasteiger partial charge in [0.1, 0.15) is 0 Å². The van der Waals surface area contributed by atoms with E-state index in [9.17, 15) is 5.11 Å². The van der Waals surface area contributed by atoms with E-state index < -0.39 is 0 Å². The van der Waals surface area contributed by atoms with Crippen molar-refractivity contribution >= 4 is 0 Å². The minimum absolute atomic E-state index is 0.0316. The maximum absolute atomic E-state index is 11.3. The summed E-state index contributed by atoms with van der Waals surface area (Å²) in [6.07, 6.45) is 15.1. The first-order valence-electron chi connectivity index (χ1n) is 13.1. The molecule has 2 saturated carbocycles. The van der Waals surface area contributed by atoms with Crippen LogP contribution < -0.4 is 0 Å². The Kier molecular flexibility index (Phi) is 5.87. The third-order valence-corrected chi connectivity index (χ3v) is 10.8. The lowest BCUT2D eigenvalue weighted by atomic mass is 9.45. The SMILES string of the molecule is CC(C)=CCC[C@@H](C)[C@H]1CC[C@H]2C3=C(CC[C@]12C)[C@@]1(C)C(O)CCC(C)(C)[C@@H]1CC3. The van der Waals surface area contributed by atoms with Gasteiger partial charge in [-0.1, -0.05) is 57.4 Å². The molecular formula is C29H48O. The fourth-order valence-corrected chi connectivity index (χ4v) is 9.10. The average molecular weight is 413 g/mol. The summed E-state index contributed by atoms with van der Waals surface area (Å²) in [6, 6.07) is 0. The van der Waals surface area contributed by atoms with Crippen LogP contribution in [0.25, 0.3) is 0 Å². The van der Waals surface area contributed by atoms with Gasteiger partial charge in [0.25, 0.3) is 0 Å². The molecule has 0 aromatic heterocycles. The van der Waals surface area contributed by atoms with E-state index in [4.69, 9.17) is 0 Å². The molecule has 1 N–H and O–H groups in total. The topological polar surface area (TPSA) is 20.2 Å². The summed E-state index contributed by atoms with van der Waals surface area (Å²) >= 11 is 0. The lowest BCUT2D eigenvalue weighted by Crippen LogP contribution is -2.55. The minimum atomic E-state index is -0.134. The smallest absolute Gasteiger partial charge is 0.0634 e. The van der Waals surface area contributed by atoms with E-state index in [-0.39, 0.29) is 11.5 Å². The molecule has 4 rings (SSSR count). The highest BCUT2D eigenvalue weighted by molar-refractivity contribution is 5.36. The molecule has 0 aliphatic heterocycles. The van der Waals surface area contributed by atoms with Crippen molar-refractivity contribution in [2.45, 2.75) is 119 Å². The Hall–Kier alpha value is -0.560. The molecule has 0 bridgehead atoms. The maximum atomic E-state index is 11.3. The highest BCUT2D eigenvalue weighted by Gasteiger charge is 2.59.